The summed E-state index contributed by atoms with van der Waals surface area (Å²) in [5.74, 6) is 2.70. The molecule has 0 aliphatic heterocycles. The quantitative estimate of drug-likeness (QED) is 0.781. The van der Waals surface area contributed by atoms with Crippen molar-refractivity contribution in [1.29, 1.82) is 0 Å². The molecular formula is C15H24ClNO. The molecule has 102 valence electrons. The number of fused-ring (bicyclic) bond motifs is 2. The van der Waals surface area contributed by atoms with Crippen molar-refractivity contribution in [3.63, 3.8) is 0 Å². The molecule has 3 saturated carbocycles. The van der Waals surface area contributed by atoms with Gasteiger partial charge in [-0.05, 0) is 49.9 Å². The van der Waals surface area contributed by atoms with E-state index in [1.165, 1.54) is 38.5 Å². The molecule has 2 bridgehead atoms. The highest BCUT2D eigenvalue weighted by molar-refractivity contribution is 6.21. The number of amides is 1. The van der Waals surface area contributed by atoms with E-state index in [0.29, 0.717) is 5.92 Å². The highest BCUT2D eigenvalue weighted by Crippen LogP contribution is 2.49. The fraction of sp³-hybridized carbons (Fsp3) is 0.933. The first kappa shape index (κ1) is 12.8. The number of nitrogens with one attached hydrogen (secondary N) is 1. The summed E-state index contributed by atoms with van der Waals surface area (Å²) in [5, 5.41) is 3.34. The highest BCUT2D eigenvalue weighted by atomic mass is 35.5. The van der Waals surface area contributed by atoms with Gasteiger partial charge in [0.25, 0.3) is 0 Å². The monoisotopic (exact) mass is 269 g/mol. The van der Waals surface area contributed by atoms with Crippen molar-refractivity contribution in [3.8, 4) is 0 Å². The molecule has 1 amide bonds. The number of alkyl halides is 1. The lowest BCUT2D eigenvalue weighted by Crippen LogP contribution is -2.43. The van der Waals surface area contributed by atoms with Crippen LogP contribution in [0.25, 0.3) is 0 Å². The molecule has 3 aliphatic carbocycles. The van der Waals surface area contributed by atoms with Crippen LogP contribution in [0.3, 0.4) is 0 Å². The summed E-state index contributed by atoms with van der Waals surface area (Å²) in [6, 6.07) is 0.228. The van der Waals surface area contributed by atoms with E-state index in [9.17, 15) is 4.79 Å². The molecule has 0 radical (unpaired) electrons. The maximum Gasteiger partial charge on any atom is 0.220 e. The first-order valence-corrected chi connectivity index (χ1v) is 8.09. The Kier molecular flexibility index (Phi) is 3.83. The lowest BCUT2D eigenvalue weighted by molar-refractivity contribution is -0.123. The molecular weight excluding hydrogens is 246 g/mol. The van der Waals surface area contributed by atoms with Crippen LogP contribution in [0.4, 0.5) is 0 Å². The van der Waals surface area contributed by atoms with Crippen molar-refractivity contribution in [2.75, 3.05) is 0 Å². The van der Waals surface area contributed by atoms with Gasteiger partial charge in [0.15, 0.2) is 0 Å². The lowest BCUT2D eigenvalue weighted by Gasteiger charge is -2.29. The zero-order valence-electron chi connectivity index (χ0n) is 11.0. The molecule has 18 heavy (non-hydrogen) atoms. The molecule has 0 heterocycles. The molecule has 3 aliphatic rings. The topological polar surface area (TPSA) is 29.1 Å². The molecule has 0 spiro atoms. The van der Waals surface area contributed by atoms with Gasteiger partial charge < -0.3 is 5.32 Å². The van der Waals surface area contributed by atoms with Gasteiger partial charge in [-0.3, -0.25) is 4.79 Å². The van der Waals surface area contributed by atoms with Crippen molar-refractivity contribution in [2.45, 2.75) is 69.2 Å². The van der Waals surface area contributed by atoms with Crippen molar-refractivity contribution < 1.29 is 4.79 Å². The van der Waals surface area contributed by atoms with Crippen molar-refractivity contribution in [1.82, 2.24) is 5.32 Å². The third-order valence-corrected chi connectivity index (χ3v) is 5.88. The van der Waals surface area contributed by atoms with E-state index >= 15 is 0 Å². The minimum Gasteiger partial charge on any atom is -0.352 e. The van der Waals surface area contributed by atoms with Crippen LogP contribution in [-0.4, -0.2) is 17.3 Å². The minimum absolute atomic E-state index is 0.155. The van der Waals surface area contributed by atoms with Gasteiger partial charge in [-0.25, -0.2) is 0 Å². The number of rotatable bonds is 3. The average Bonchev–Trinajstić information content (AvgIpc) is 2.94. The Hall–Kier alpha value is -0.240. The van der Waals surface area contributed by atoms with E-state index < -0.39 is 0 Å². The molecule has 3 heteroatoms. The van der Waals surface area contributed by atoms with Crippen LogP contribution in [-0.2, 0) is 4.79 Å². The van der Waals surface area contributed by atoms with Gasteiger partial charge >= 0.3 is 0 Å². The second kappa shape index (κ2) is 5.40. The van der Waals surface area contributed by atoms with E-state index in [0.717, 1.165) is 31.1 Å². The van der Waals surface area contributed by atoms with Crippen LogP contribution >= 0.6 is 11.6 Å². The third kappa shape index (κ3) is 2.68. The number of halogens is 1. The smallest absolute Gasteiger partial charge is 0.220 e. The Morgan fingerprint density at radius 1 is 1.11 bits per heavy atom. The van der Waals surface area contributed by atoms with E-state index in [1.54, 1.807) is 0 Å². The predicted molar refractivity (Wildman–Crippen MR) is 73.6 cm³/mol. The van der Waals surface area contributed by atoms with Gasteiger partial charge in [0.2, 0.25) is 5.91 Å². The Morgan fingerprint density at radius 2 is 1.94 bits per heavy atom. The second-order valence-corrected chi connectivity index (χ2v) is 7.17. The van der Waals surface area contributed by atoms with Gasteiger partial charge in [-0.2, -0.15) is 0 Å². The molecule has 5 atom stereocenters. The minimum atomic E-state index is 0.155. The summed E-state index contributed by atoms with van der Waals surface area (Å²) in [7, 11) is 0. The molecule has 0 aromatic rings. The van der Waals surface area contributed by atoms with E-state index in [-0.39, 0.29) is 17.3 Å². The fourth-order valence-corrected chi connectivity index (χ4v) is 4.72. The SMILES string of the molecule is O=C(CC1CC2CCC1C2)NC1CCCCC1Cl. The number of carbonyl (C=O) groups excluding carboxylic acids is 1. The van der Waals surface area contributed by atoms with Gasteiger partial charge in [-0.1, -0.05) is 19.3 Å². The van der Waals surface area contributed by atoms with Gasteiger partial charge in [0, 0.05) is 12.5 Å². The van der Waals surface area contributed by atoms with Gasteiger partial charge in [-0.15, -0.1) is 11.6 Å². The molecule has 3 fully saturated rings. The Balaban J connectivity index is 1.47. The van der Waals surface area contributed by atoms with Crippen molar-refractivity contribution in [3.05, 3.63) is 0 Å². The molecule has 5 unspecified atom stereocenters. The maximum absolute atomic E-state index is 12.1. The number of hydrogen-bond donors (Lipinski definition) is 1. The largest absolute Gasteiger partial charge is 0.352 e. The second-order valence-electron chi connectivity index (χ2n) is 6.61. The highest BCUT2D eigenvalue weighted by Gasteiger charge is 2.40. The van der Waals surface area contributed by atoms with Gasteiger partial charge in [0.05, 0.1) is 5.38 Å². The molecule has 2 nitrogen and oxygen atoms in total. The van der Waals surface area contributed by atoms with Crippen LogP contribution in [0, 0.1) is 17.8 Å². The molecule has 1 N–H and O–H groups in total. The fourth-order valence-electron chi connectivity index (χ4n) is 4.38. The van der Waals surface area contributed by atoms with Crippen molar-refractivity contribution in [2.24, 2.45) is 17.8 Å². The van der Waals surface area contributed by atoms with Crippen LogP contribution < -0.4 is 5.32 Å². The zero-order valence-corrected chi connectivity index (χ0v) is 11.8. The average molecular weight is 270 g/mol. The lowest BCUT2D eigenvalue weighted by atomic mass is 9.86. The summed E-state index contributed by atoms with van der Waals surface area (Å²) in [6.45, 7) is 0. The summed E-state index contributed by atoms with van der Waals surface area (Å²) < 4.78 is 0. The van der Waals surface area contributed by atoms with E-state index in [1.807, 2.05) is 0 Å². The van der Waals surface area contributed by atoms with Crippen molar-refractivity contribution >= 4 is 17.5 Å². The first-order chi connectivity index (χ1) is 8.72. The maximum atomic E-state index is 12.1. The normalized spacial score (nSPS) is 43.1. The van der Waals surface area contributed by atoms with E-state index in [2.05, 4.69) is 5.32 Å². The Labute approximate surface area is 115 Å². The van der Waals surface area contributed by atoms with Crippen LogP contribution in [0.15, 0.2) is 0 Å². The van der Waals surface area contributed by atoms with Crippen LogP contribution in [0.1, 0.15) is 57.8 Å². The van der Waals surface area contributed by atoms with E-state index in [4.69, 9.17) is 11.6 Å². The molecule has 0 aromatic carbocycles. The zero-order chi connectivity index (χ0) is 12.5. The standard InChI is InChI=1S/C15H24ClNO/c16-13-3-1-2-4-14(13)17-15(18)9-12-8-10-5-6-11(12)7-10/h10-14H,1-9H2,(H,17,18). The number of carbonyl (C=O) groups is 1. The molecule has 0 aromatic heterocycles. The summed E-state index contributed by atoms with van der Waals surface area (Å²) >= 11 is 6.29. The number of hydrogen-bond acceptors (Lipinski definition) is 1. The Bertz CT molecular complexity index is 314. The Morgan fingerprint density at radius 3 is 2.61 bits per heavy atom. The van der Waals surface area contributed by atoms with Crippen LogP contribution in [0.5, 0.6) is 0 Å². The third-order valence-electron chi connectivity index (χ3n) is 5.36. The predicted octanol–water partition coefficient (Wildman–Crippen LogP) is 3.48. The summed E-state index contributed by atoms with van der Waals surface area (Å²) in [6.07, 6.45) is 10.8. The van der Waals surface area contributed by atoms with Gasteiger partial charge in [0.1, 0.15) is 0 Å². The van der Waals surface area contributed by atoms with Crippen LogP contribution in [0.2, 0.25) is 0 Å². The first-order valence-electron chi connectivity index (χ1n) is 7.66. The summed E-state index contributed by atoms with van der Waals surface area (Å²) in [5.41, 5.74) is 0. The molecule has 0 saturated heterocycles. The molecule has 3 rings (SSSR count). The summed E-state index contributed by atoms with van der Waals surface area (Å²) in [4.78, 5) is 12.1.